The van der Waals surface area contributed by atoms with E-state index in [2.05, 4.69) is 11.9 Å². The zero-order chi connectivity index (χ0) is 16.0. The Morgan fingerprint density at radius 2 is 2.10 bits per heavy atom. The highest BCUT2D eigenvalue weighted by molar-refractivity contribution is 7.88. The molecule has 0 saturated heterocycles. The Bertz CT molecular complexity index is 632. The summed E-state index contributed by atoms with van der Waals surface area (Å²) in [5.74, 6) is -2.22. The summed E-state index contributed by atoms with van der Waals surface area (Å²) in [5.41, 5.74) is -0.156. The van der Waals surface area contributed by atoms with E-state index in [9.17, 15) is 22.0 Å². The second-order valence-corrected chi connectivity index (χ2v) is 6.31. The van der Waals surface area contributed by atoms with Crippen molar-refractivity contribution in [1.82, 2.24) is 4.31 Å². The van der Waals surface area contributed by atoms with E-state index < -0.39 is 27.6 Å². The van der Waals surface area contributed by atoms with E-state index >= 15 is 0 Å². The SMILES string of the molecule is C=CCN(CCC(=O)Nc1ccc(F)cc1F)S(C)(=O)=O. The molecule has 1 aromatic carbocycles. The molecule has 0 aliphatic heterocycles. The minimum Gasteiger partial charge on any atom is -0.324 e. The lowest BCUT2D eigenvalue weighted by Crippen LogP contribution is -2.33. The van der Waals surface area contributed by atoms with Crippen LogP contribution in [0.25, 0.3) is 0 Å². The molecule has 0 heterocycles. The standard InChI is InChI=1S/C13H16F2N2O3S/c1-3-7-17(21(2,19)20)8-6-13(18)16-12-5-4-10(14)9-11(12)15/h3-5,9H,1,6-8H2,2H3,(H,16,18). The smallest absolute Gasteiger partial charge is 0.225 e. The third kappa shape index (κ3) is 5.60. The maximum Gasteiger partial charge on any atom is 0.225 e. The second kappa shape index (κ2) is 7.28. The summed E-state index contributed by atoms with van der Waals surface area (Å²) in [6, 6.07) is 2.76. The highest BCUT2D eigenvalue weighted by atomic mass is 32.2. The number of benzene rings is 1. The molecule has 0 aliphatic carbocycles. The number of carbonyl (C=O) groups excluding carboxylic acids is 1. The number of rotatable bonds is 7. The van der Waals surface area contributed by atoms with E-state index in [0.29, 0.717) is 6.07 Å². The Kier molecular flexibility index (Phi) is 5.98. The number of anilines is 1. The molecule has 0 atom stereocenters. The predicted molar refractivity (Wildman–Crippen MR) is 76.2 cm³/mol. The Hall–Kier alpha value is -1.80. The van der Waals surface area contributed by atoms with Crippen LogP contribution in [0.15, 0.2) is 30.9 Å². The van der Waals surface area contributed by atoms with E-state index in [1.54, 1.807) is 0 Å². The van der Waals surface area contributed by atoms with Crippen molar-refractivity contribution >= 4 is 21.6 Å². The number of sulfonamides is 1. The monoisotopic (exact) mass is 318 g/mol. The van der Waals surface area contributed by atoms with Crippen molar-refractivity contribution in [2.24, 2.45) is 0 Å². The lowest BCUT2D eigenvalue weighted by atomic mass is 10.3. The number of carbonyl (C=O) groups is 1. The van der Waals surface area contributed by atoms with Crippen LogP contribution in [0.4, 0.5) is 14.5 Å². The summed E-state index contributed by atoms with van der Waals surface area (Å²) in [6.45, 7) is 3.46. The Labute approximate surface area is 122 Å². The lowest BCUT2D eigenvalue weighted by molar-refractivity contribution is -0.116. The van der Waals surface area contributed by atoms with Gasteiger partial charge in [0.2, 0.25) is 15.9 Å². The van der Waals surface area contributed by atoms with Crippen LogP contribution >= 0.6 is 0 Å². The Morgan fingerprint density at radius 1 is 1.43 bits per heavy atom. The summed E-state index contributed by atoms with van der Waals surface area (Å²) in [5, 5.41) is 2.26. The van der Waals surface area contributed by atoms with Crippen LogP contribution in [0.3, 0.4) is 0 Å². The fourth-order valence-corrected chi connectivity index (χ4v) is 2.37. The Balaban J connectivity index is 2.63. The number of halogens is 2. The van der Waals surface area contributed by atoms with Gasteiger partial charge < -0.3 is 5.32 Å². The molecular formula is C13H16F2N2O3S. The van der Waals surface area contributed by atoms with Crippen LogP contribution in [-0.2, 0) is 14.8 Å². The van der Waals surface area contributed by atoms with E-state index in [1.165, 1.54) is 6.08 Å². The van der Waals surface area contributed by atoms with Gasteiger partial charge in [-0.25, -0.2) is 17.2 Å². The summed E-state index contributed by atoms with van der Waals surface area (Å²) in [6.07, 6.45) is 2.27. The van der Waals surface area contributed by atoms with Gasteiger partial charge in [0.1, 0.15) is 11.6 Å². The maximum atomic E-state index is 13.3. The number of amides is 1. The highest BCUT2D eigenvalue weighted by Gasteiger charge is 2.16. The highest BCUT2D eigenvalue weighted by Crippen LogP contribution is 2.15. The fourth-order valence-electron chi connectivity index (χ4n) is 1.57. The molecule has 0 fully saturated rings. The minimum atomic E-state index is -3.45. The van der Waals surface area contributed by atoms with Crippen LogP contribution in [0, 0.1) is 11.6 Å². The van der Waals surface area contributed by atoms with Gasteiger partial charge in [0, 0.05) is 25.6 Å². The van der Waals surface area contributed by atoms with Crippen molar-refractivity contribution in [2.45, 2.75) is 6.42 Å². The topological polar surface area (TPSA) is 66.5 Å². The van der Waals surface area contributed by atoms with Gasteiger partial charge in [0.05, 0.1) is 11.9 Å². The molecule has 1 amide bonds. The molecule has 21 heavy (non-hydrogen) atoms. The van der Waals surface area contributed by atoms with Crippen molar-refractivity contribution < 1.29 is 22.0 Å². The van der Waals surface area contributed by atoms with Gasteiger partial charge in [-0.15, -0.1) is 6.58 Å². The van der Waals surface area contributed by atoms with Crippen LogP contribution in [0.5, 0.6) is 0 Å². The predicted octanol–water partition coefficient (Wildman–Crippen LogP) is 1.74. The average molecular weight is 318 g/mol. The summed E-state index contributed by atoms with van der Waals surface area (Å²) >= 11 is 0. The van der Waals surface area contributed by atoms with Crippen molar-refractivity contribution in [3.05, 3.63) is 42.5 Å². The molecule has 0 aromatic heterocycles. The molecule has 116 valence electrons. The van der Waals surface area contributed by atoms with Gasteiger partial charge in [-0.3, -0.25) is 4.79 Å². The van der Waals surface area contributed by atoms with E-state index in [0.717, 1.165) is 22.7 Å². The van der Waals surface area contributed by atoms with Crippen LogP contribution in [0.2, 0.25) is 0 Å². The molecule has 8 heteroatoms. The van der Waals surface area contributed by atoms with E-state index in [-0.39, 0.29) is 25.2 Å². The van der Waals surface area contributed by atoms with Gasteiger partial charge in [-0.1, -0.05) is 6.08 Å². The average Bonchev–Trinajstić information content (AvgIpc) is 2.36. The van der Waals surface area contributed by atoms with Gasteiger partial charge in [0.25, 0.3) is 0 Å². The summed E-state index contributed by atoms with van der Waals surface area (Å²) < 4.78 is 50.0. The first-order valence-electron chi connectivity index (χ1n) is 6.05. The first-order chi connectivity index (χ1) is 9.74. The lowest BCUT2D eigenvalue weighted by Gasteiger charge is -2.17. The van der Waals surface area contributed by atoms with Crippen LogP contribution in [-0.4, -0.2) is 38.0 Å². The number of hydrogen-bond donors (Lipinski definition) is 1. The largest absolute Gasteiger partial charge is 0.324 e. The number of nitrogens with zero attached hydrogens (tertiary/aromatic N) is 1. The summed E-state index contributed by atoms with van der Waals surface area (Å²) in [7, 11) is -3.45. The molecule has 0 aliphatic rings. The molecule has 5 nitrogen and oxygen atoms in total. The fraction of sp³-hybridized carbons (Fsp3) is 0.308. The van der Waals surface area contributed by atoms with Gasteiger partial charge in [-0.05, 0) is 12.1 Å². The van der Waals surface area contributed by atoms with Crippen LogP contribution in [0.1, 0.15) is 6.42 Å². The molecule has 0 bridgehead atoms. The second-order valence-electron chi connectivity index (χ2n) is 4.33. The van der Waals surface area contributed by atoms with Crippen molar-refractivity contribution in [2.75, 3.05) is 24.7 Å². The van der Waals surface area contributed by atoms with Crippen molar-refractivity contribution in [1.29, 1.82) is 0 Å². The van der Waals surface area contributed by atoms with Gasteiger partial charge in [-0.2, -0.15) is 4.31 Å². The molecule has 0 saturated carbocycles. The zero-order valence-corrected chi connectivity index (χ0v) is 12.3. The first kappa shape index (κ1) is 17.3. The van der Waals surface area contributed by atoms with E-state index in [4.69, 9.17) is 0 Å². The van der Waals surface area contributed by atoms with Crippen LogP contribution < -0.4 is 5.32 Å². The van der Waals surface area contributed by atoms with Crippen molar-refractivity contribution in [3.8, 4) is 0 Å². The van der Waals surface area contributed by atoms with E-state index in [1.807, 2.05) is 0 Å². The molecule has 1 N–H and O–H groups in total. The molecule has 1 aromatic rings. The zero-order valence-electron chi connectivity index (χ0n) is 11.5. The number of nitrogens with one attached hydrogen (secondary N) is 1. The third-order valence-electron chi connectivity index (χ3n) is 2.60. The molecule has 0 unspecified atom stereocenters. The Morgan fingerprint density at radius 3 is 2.62 bits per heavy atom. The first-order valence-corrected chi connectivity index (χ1v) is 7.90. The maximum absolute atomic E-state index is 13.3. The molecule has 0 spiro atoms. The van der Waals surface area contributed by atoms with Gasteiger partial charge >= 0.3 is 0 Å². The third-order valence-corrected chi connectivity index (χ3v) is 3.86. The molecule has 0 radical (unpaired) electrons. The number of hydrogen-bond acceptors (Lipinski definition) is 3. The minimum absolute atomic E-state index is 0.0561. The van der Waals surface area contributed by atoms with Gasteiger partial charge in [0.15, 0.2) is 0 Å². The quantitative estimate of drug-likeness (QED) is 0.779. The normalized spacial score (nSPS) is 11.4. The summed E-state index contributed by atoms with van der Waals surface area (Å²) in [4.78, 5) is 11.7. The molecular weight excluding hydrogens is 302 g/mol. The molecule has 1 rings (SSSR count). The van der Waals surface area contributed by atoms with Crippen molar-refractivity contribution in [3.63, 3.8) is 0 Å².